The van der Waals surface area contributed by atoms with Gasteiger partial charge in [0.2, 0.25) is 0 Å². The molecule has 0 aromatic carbocycles. The van der Waals surface area contributed by atoms with Crippen molar-refractivity contribution in [3.8, 4) is 0 Å². The molecule has 2 rings (SSSR count). The van der Waals surface area contributed by atoms with Crippen LogP contribution in [-0.4, -0.2) is 50.2 Å². The fourth-order valence-electron chi connectivity index (χ4n) is 2.22. The first-order valence-electron chi connectivity index (χ1n) is 5.12. The Morgan fingerprint density at radius 3 is 2.00 bits per heavy atom. The van der Waals surface area contributed by atoms with Gasteiger partial charge in [0.05, 0.1) is 0 Å². The third-order valence-corrected chi connectivity index (χ3v) is 2.98. The van der Waals surface area contributed by atoms with Gasteiger partial charge in [-0.15, -0.1) is 12.4 Å². The van der Waals surface area contributed by atoms with Crippen molar-refractivity contribution in [2.24, 2.45) is 0 Å². The number of rotatable bonds is 1. The minimum absolute atomic E-state index is 0. The Morgan fingerprint density at radius 2 is 1.38 bits per heavy atom. The third kappa shape index (κ3) is 3.09. The maximum absolute atomic E-state index is 3.41. The van der Waals surface area contributed by atoms with Gasteiger partial charge < -0.3 is 10.6 Å². The Labute approximate surface area is 86.7 Å². The highest BCUT2D eigenvalue weighted by Gasteiger charge is 2.21. The van der Waals surface area contributed by atoms with E-state index >= 15 is 0 Å². The number of piperazine rings is 1. The summed E-state index contributed by atoms with van der Waals surface area (Å²) in [5.74, 6) is 0. The van der Waals surface area contributed by atoms with Crippen molar-refractivity contribution in [3.05, 3.63) is 0 Å². The van der Waals surface area contributed by atoms with E-state index in [1.54, 1.807) is 0 Å². The van der Waals surface area contributed by atoms with Crippen LogP contribution in [0, 0.1) is 0 Å². The zero-order valence-electron chi connectivity index (χ0n) is 8.09. The molecule has 13 heavy (non-hydrogen) atoms. The normalized spacial score (nSPS) is 26.8. The van der Waals surface area contributed by atoms with Crippen LogP contribution in [0.4, 0.5) is 0 Å². The van der Waals surface area contributed by atoms with Crippen molar-refractivity contribution in [2.75, 3.05) is 39.3 Å². The van der Waals surface area contributed by atoms with Crippen molar-refractivity contribution in [2.45, 2.75) is 18.9 Å². The fourth-order valence-corrected chi connectivity index (χ4v) is 2.22. The van der Waals surface area contributed by atoms with E-state index < -0.39 is 0 Å². The second-order valence-electron chi connectivity index (χ2n) is 3.77. The standard InChI is InChI=1S/C9H19N3.ClH/c1-3-10-4-2-9(1)12-7-5-11-6-8-12;/h9-11H,1-8H2;1H. The molecule has 2 aliphatic heterocycles. The molecule has 78 valence electrons. The molecule has 0 unspecified atom stereocenters. The van der Waals surface area contributed by atoms with Crippen molar-refractivity contribution in [1.29, 1.82) is 0 Å². The van der Waals surface area contributed by atoms with Crippen LogP contribution < -0.4 is 10.6 Å². The molecule has 2 aliphatic rings. The highest BCUT2D eigenvalue weighted by molar-refractivity contribution is 5.85. The van der Waals surface area contributed by atoms with Crippen LogP contribution in [0.25, 0.3) is 0 Å². The molecule has 0 atom stereocenters. The maximum atomic E-state index is 3.41. The molecule has 4 heteroatoms. The minimum atomic E-state index is 0. The van der Waals surface area contributed by atoms with E-state index in [-0.39, 0.29) is 12.4 Å². The Balaban J connectivity index is 0.000000845. The summed E-state index contributed by atoms with van der Waals surface area (Å²) in [6.07, 6.45) is 2.69. The Bertz CT molecular complexity index is 115. The molecule has 0 spiro atoms. The van der Waals surface area contributed by atoms with Gasteiger partial charge in [-0.05, 0) is 25.9 Å². The average Bonchev–Trinajstić information content (AvgIpc) is 2.21. The summed E-state index contributed by atoms with van der Waals surface area (Å²) >= 11 is 0. The Morgan fingerprint density at radius 1 is 0.846 bits per heavy atom. The Kier molecular flexibility index (Phi) is 5.02. The molecule has 0 aromatic heterocycles. The highest BCUT2D eigenvalue weighted by Crippen LogP contribution is 2.11. The quantitative estimate of drug-likeness (QED) is 0.635. The van der Waals surface area contributed by atoms with Crippen LogP contribution in [0.15, 0.2) is 0 Å². The van der Waals surface area contributed by atoms with E-state index in [4.69, 9.17) is 0 Å². The monoisotopic (exact) mass is 205 g/mol. The predicted octanol–water partition coefficient (Wildman–Crippen LogP) is 0.0654. The van der Waals surface area contributed by atoms with Crippen LogP contribution in [0.2, 0.25) is 0 Å². The number of piperidine rings is 1. The van der Waals surface area contributed by atoms with Gasteiger partial charge in [-0.25, -0.2) is 0 Å². The Hall–Kier alpha value is 0.170. The molecule has 3 nitrogen and oxygen atoms in total. The van der Waals surface area contributed by atoms with Gasteiger partial charge in [0.15, 0.2) is 0 Å². The molecule has 0 amide bonds. The molecule has 2 heterocycles. The van der Waals surface area contributed by atoms with Gasteiger partial charge in [0.25, 0.3) is 0 Å². The van der Waals surface area contributed by atoms with Crippen molar-refractivity contribution < 1.29 is 0 Å². The number of nitrogens with one attached hydrogen (secondary N) is 2. The molecule has 0 saturated carbocycles. The largest absolute Gasteiger partial charge is 0.317 e. The summed E-state index contributed by atoms with van der Waals surface area (Å²) in [6.45, 7) is 7.31. The summed E-state index contributed by atoms with van der Waals surface area (Å²) in [6, 6.07) is 0.869. The van der Waals surface area contributed by atoms with E-state index in [0.29, 0.717) is 0 Å². The highest BCUT2D eigenvalue weighted by atomic mass is 35.5. The first-order chi connectivity index (χ1) is 5.97. The molecular formula is C9H20ClN3. The van der Waals surface area contributed by atoms with Gasteiger partial charge in [-0.2, -0.15) is 0 Å². The second kappa shape index (κ2) is 5.81. The van der Waals surface area contributed by atoms with E-state index in [1.165, 1.54) is 52.1 Å². The SMILES string of the molecule is C1CC(N2CCNCC2)CCN1.Cl. The molecule has 2 saturated heterocycles. The second-order valence-corrected chi connectivity index (χ2v) is 3.77. The van der Waals surface area contributed by atoms with Gasteiger partial charge in [0, 0.05) is 32.2 Å². The number of hydrogen-bond donors (Lipinski definition) is 2. The van der Waals surface area contributed by atoms with Crippen LogP contribution in [0.3, 0.4) is 0 Å². The minimum Gasteiger partial charge on any atom is -0.317 e. The van der Waals surface area contributed by atoms with E-state index in [1.807, 2.05) is 0 Å². The number of halogens is 1. The molecule has 2 N–H and O–H groups in total. The van der Waals surface area contributed by atoms with Crippen LogP contribution in [0.5, 0.6) is 0 Å². The number of hydrogen-bond acceptors (Lipinski definition) is 3. The topological polar surface area (TPSA) is 27.3 Å². The molecule has 0 aromatic rings. The maximum Gasteiger partial charge on any atom is 0.0120 e. The van der Waals surface area contributed by atoms with E-state index in [0.717, 1.165) is 6.04 Å². The fraction of sp³-hybridized carbons (Fsp3) is 1.00. The summed E-state index contributed by atoms with van der Waals surface area (Å²) in [7, 11) is 0. The number of nitrogens with zero attached hydrogens (tertiary/aromatic N) is 1. The van der Waals surface area contributed by atoms with Gasteiger partial charge in [0.1, 0.15) is 0 Å². The smallest absolute Gasteiger partial charge is 0.0120 e. The van der Waals surface area contributed by atoms with E-state index in [9.17, 15) is 0 Å². The lowest BCUT2D eigenvalue weighted by Crippen LogP contribution is -2.51. The van der Waals surface area contributed by atoms with E-state index in [2.05, 4.69) is 15.5 Å². The lowest BCUT2D eigenvalue weighted by atomic mass is 10.0. The molecule has 2 fully saturated rings. The summed E-state index contributed by atoms with van der Waals surface area (Å²) in [5, 5.41) is 6.81. The lowest BCUT2D eigenvalue weighted by Gasteiger charge is -2.37. The third-order valence-electron chi connectivity index (χ3n) is 2.98. The van der Waals surface area contributed by atoms with Gasteiger partial charge in [-0.3, -0.25) is 4.90 Å². The zero-order chi connectivity index (χ0) is 8.23. The van der Waals surface area contributed by atoms with Crippen LogP contribution in [-0.2, 0) is 0 Å². The first-order valence-corrected chi connectivity index (χ1v) is 5.12. The molecule has 0 aliphatic carbocycles. The van der Waals surface area contributed by atoms with Crippen molar-refractivity contribution in [1.82, 2.24) is 15.5 Å². The molecular weight excluding hydrogens is 186 g/mol. The molecule has 0 radical (unpaired) electrons. The van der Waals surface area contributed by atoms with Crippen LogP contribution >= 0.6 is 12.4 Å². The summed E-state index contributed by atoms with van der Waals surface area (Å²) < 4.78 is 0. The molecule has 0 bridgehead atoms. The summed E-state index contributed by atoms with van der Waals surface area (Å²) in [4.78, 5) is 2.65. The first kappa shape index (κ1) is 11.2. The van der Waals surface area contributed by atoms with Crippen molar-refractivity contribution >= 4 is 12.4 Å². The van der Waals surface area contributed by atoms with Gasteiger partial charge >= 0.3 is 0 Å². The zero-order valence-corrected chi connectivity index (χ0v) is 8.91. The predicted molar refractivity (Wildman–Crippen MR) is 57.6 cm³/mol. The van der Waals surface area contributed by atoms with Gasteiger partial charge in [-0.1, -0.05) is 0 Å². The lowest BCUT2D eigenvalue weighted by molar-refractivity contribution is 0.144. The van der Waals surface area contributed by atoms with Crippen LogP contribution in [0.1, 0.15) is 12.8 Å². The summed E-state index contributed by atoms with van der Waals surface area (Å²) in [5.41, 5.74) is 0. The van der Waals surface area contributed by atoms with Crippen molar-refractivity contribution in [3.63, 3.8) is 0 Å². The average molecular weight is 206 g/mol.